The summed E-state index contributed by atoms with van der Waals surface area (Å²) in [5, 5.41) is 12.8. The fraction of sp³-hybridized carbons (Fsp3) is 0.400. The van der Waals surface area contributed by atoms with Crippen molar-refractivity contribution < 1.29 is 19.0 Å². The molecule has 0 bridgehead atoms. The van der Waals surface area contributed by atoms with Crippen LogP contribution >= 0.6 is 23.2 Å². The van der Waals surface area contributed by atoms with Crippen LogP contribution in [0.3, 0.4) is 0 Å². The molecule has 2 aromatic rings. The van der Waals surface area contributed by atoms with Crippen LogP contribution in [0.2, 0.25) is 10.0 Å². The van der Waals surface area contributed by atoms with Gasteiger partial charge in [0.15, 0.2) is 11.5 Å². The van der Waals surface area contributed by atoms with Crippen molar-refractivity contribution in [2.24, 2.45) is 0 Å². The van der Waals surface area contributed by atoms with E-state index in [1.165, 1.54) is 12.1 Å². The number of benzene rings is 2. The summed E-state index contributed by atoms with van der Waals surface area (Å²) in [6, 6.07) is 7.85. The molecule has 4 nitrogen and oxygen atoms in total. The lowest BCUT2D eigenvalue weighted by atomic mass is 10.2. The molecule has 0 amide bonds. The molecule has 2 rings (SSSR count). The maximum absolute atomic E-state index is 13.1. The van der Waals surface area contributed by atoms with Gasteiger partial charge in [-0.1, -0.05) is 29.3 Å². The third kappa shape index (κ3) is 6.85. The summed E-state index contributed by atoms with van der Waals surface area (Å²) >= 11 is 12.4. The van der Waals surface area contributed by atoms with Crippen LogP contribution in [-0.4, -0.2) is 25.4 Å². The second-order valence-electron chi connectivity index (χ2n) is 6.09. The molecule has 2 aromatic carbocycles. The molecule has 0 aliphatic carbocycles. The molecule has 0 radical (unpaired) electrons. The lowest BCUT2D eigenvalue weighted by molar-refractivity contribution is 0.282. The van der Waals surface area contributed by atoms with Gasteiger partial charge in [0, 0.05) is 18.7 Å². The Balaban J connectivity index is 1.98. The van der Waals surface area contributed by atoms with Crippen molar-refractivity contribution in [1.29, 1.82) is 0 Å². The Labute approximate surface area is 169 Å². The van der Waals surface area contributed by atoms with E-state index in [9.17, 15) is 4.39 Å². The molecule has 0 unspecified atom stereocenters. The summed E-state index contributed by atoms with van der Waals surface area (Å²) in [6.45, 7) is 1.90. The van der Waals surface area contributed by atoms with Crippen LogP contribution in [0.5, 0.6) is 11.5 Å². The number of ether oxygens (including phenoxy) is 2. The zero-order valence-corrected chi connectivity index (χ0v) is 16.7. The van der Waals surface area contributed by atoms with E-state index in [0.29, 0.717) is 33.7 Å². The Morgan fingerprint density at radius 1 is 1.07 bits per heavy atom. The van der Waals surface area contributed by atoms with Crippen LogP contribution in [-0.2, 0) is 13.2 Å². The number of rotatable bonds is 11. The standard InChI is InChI=1S/C20H24Cl2FNO3/c1-26-19-10-14(12-24-7-3-2-4-8-25)9-18(22)20(19)27-13-15-5-6-16(23)11-17(15)21/h5-6,9-11,24-25H,2-4,7-8,12-13H2,1H3. The summed E-state index contributed by atoms with van der Waals surface area (Å²) in [5.74, 6) is 0.552. The Bertz CT molecular complexity index is 743. The predicted octanol–water partition coefficient (Wildman–Crippen LogP) is 4.97. The molecule has 0 saturated carbocycles. The quantitative estimate of drug-likeness (QED) is 0.508. The number of halogens is 3. The summed E-state index contributed by atoms with van der Waals surface area (Å²) in [6.07, 6.45) is 2.82. The summed E-state index contributed by atoms with van der Waals surface area (Å²) in [7, 11) is 1.55. The van der Waals surface area contributed by atoms with Gasteiger partial charge in [0.2, 0.25) is 0 Å². The molecule has 148 valence electrons. The van der Waals surface area contributed by atoms with E-state index in [1.54, 1.807) is 13.2 Å². The van der Waals surface area contributed by atoms with E-state index in [1.807, 2.05) is 12.1 Å². The highest BCUT2D eigenvalue weighted by Crippen LogP contribution is 2.37. The topological polar surface area (TPSA) is 50.7 Å². The number of aliphatic hydroxyl groups excluding tert-OH is 1. The van der Waals surface area contributed by atoms with Gasteiger partial charge in [0.1, 0.15) is 12.4 Å². The van der Waals surface area contributed by atoms with Gasteiger partial charge in [-0.15, -0.1) is 0 Å². The molecule has 7 heteroatoms. The number of aliphatic hydroxyl groups is 1. The molecule has 0 fully saturated rings. The molecule has 0 aliphatic rings. The van der Waals surface area contributed by atoms with Crippen LogP contribution in [0.25, 0.3) is 0 Å². The second kappa shape index (κ2) is 11.3. The first kappa shape index (κ1) is 21.8. The Morgan fingerprint density at radius 2 is 1.89 bits per heavy atom. The minimum Gasteiger partial charge on any atom is -0.493 e. The molecule has 0 spiro atoms. The first-order valence-electron chi connectivity index (χ1n) is 8.80. The molecular weight excluding hydrogens is 392 g/mol. The van der Waals surface area contributed by atoms with Crippen LogP contribution < -0.4 is 14.8 Å². The number of methoxy groups -OCH3 is 1. The van der Waals surface area contributed by atoms with Crippen molar-refractivity contribution in [2.45, 2.75) is 32.4 Å². The molecule has 0 aromatic heterocycles. The van der Waals surface area contributed by atoms with Crippen molar-refractivity contribution in [2.75, 3.05) is 20.3 Å². The fourth-order valence-corrected chi connectivity index (χ4v) is 3.08. The van der Waals surface area contributed by atoms with Gasteiger partial charge in [-0.05, 0) is 55.6 Å². The van der Waals surface area contributed by atoms with Crippen LogP contribution in [0.15, 0.2) is 30.3 Å². The second-order valence-corrected chi connectivity index (χ2v) is 6.91. The lowest BCUT2D eigenvalue weighted by Crippen LogP contribution is -2.15. The van der Waals surface area contributed by atoms with Gasteiger partial charge in [-0.3, -0.25) is 0 Å². The van der Waals surface area contributed by atoms with E-state index in [4.69, 9.17) is 37.8 Å². The van der Waals surface area contributed by atoms with Crippen LogP contribution in [0.1, 0.15) is 30.4 Å². The van der Waals surface area contributed by atoms with Crippen LogP contribution in [0.4, 0.5) is 4.39 Å². The van der Waals surface area contributed by atoms with E-state index < -0.39 is 5.82 Å². The number of hydrogen-bond donors (Lipinski definition) is 2. The number of nitrogens with one attached hydrogen (secondary N) is 1. The van der Waals surface area contributed by atoms with Gasteiger partial charge in [0.25, 0.3) is 0 Å². The maximum atomic E-state index is 13.1. The highest BCUT2D eigenvalue weighted by Gasteiger charge is 2.13. The molecule has 0 atom stereocenters. The van der Waals surface area contributed by atoms with E-state index in [0.717, 1.165) is 31.4 Å². The smallest absolute Gasteiger partial charge is 0.180 e. The minimum absolute atomic E-state index is 0.150. The molecule has 0 heterocycles. The zero-order valence-electron chi connectivity index (χ0n) is 15.2. The van der Waals surface area contributed by atoms with E-state index >= 15 is 0 Å². The van der Waals surface area contributed by atoms with Gasteiger partial charge >= 0.3 is 0 Å². The Morgan fingerprint density at radius 3 is 2.59 bits per heavy atom. The van der Waals surface area contributed by atoms with Gasteiger partial charge in [-0.25, -0.2) is 4.39 Å². The average Bonchev–Trinajstić information content (AvgIpc) is 2.64. The van der Waals surface area contributed by atoms with Crippen molar-refractivity contribution in [1.82, 2.24) is 5.32 Å². The van der Waals surface area contributed by atoms with Crippen LogP contribution in [0, 0.1) is 5.82 Å². The molecule has 27 heavy (non-hydrogen) atoms. The van der Waals surface area contributed by atoms with Crippen molar-refractivity contribution in [3.63, 3.8) is 0 Å². The predicted molar refractivity (Wildman–Crippen MR) is 106 cm³/mol. The molecule has 2 N–H and O–H groups in total. The highest BCUT2D eigenvalue weighted by molar-refractivity contribution is 6.32. The normalized spacial score (nSPS) is 10.9. The minimum atomic E-state index is -0.396. The summed E-state index contributed by atoms with van der Waals surface area (Å²) < 4.78 is 24.3. The van der Waals surface area contributed by atoms with Crippen molar-refractivity contribution in [3.05, 3.63) is 57.3 Å². The Hall–Kier alpha value is -1.53. The summed E-state index contributed by atoms with van der Waals surface area (Å²) in [5.41, 5.74) is 1.64. The van der Waals surface area contributed by atoms with Crippen molar-refractivity contribution in [3.8, 4) is 11.5 Å². The molecular formula is C20H24Cl2FNO3. The summed E-state index contributed by atoms with van der Waals surface area (Å²) in [4.78, 5) is 0. The van der Waals surface area contributed by atoms with E-state index in [2.05, 4.69) is 5.32 Å². The van der Waals surface area contributed by atoms with E-state index in [-0.39, 0.29) is 13.2 Å². The van der Waals surface area contributed by atoms with Gasteiger partial charge < -0.3 is 19.9 Å². The first-order chi connectivity index (χ1) is 13.0. The van der Waals surface area contributed by atoms with Gasteiger partial charge in [0.05, 0.1) is 17.2 Å². The Kier molecular flexibility index (Phi) is 9.15. The SMILES string of the molecule is COc1cc(CNCCCCCO)cc(Cl)c1OCc1ccc(F)cc1Cl. The third-order valence-electron chi connectivity index (χ3n) is 4.02. The number of hydrogen-bond acceptors (Lipinski definition) is 4. The maximum Gasteiger partial charge on any atom is 0.180 e. The molecule has 0 aliphatic heterocycles. The fourth-order valence-electron chi connectivity index (χ4n) is 2.58. The molecule has 0 saturated heterocycles. The first-order valence-corrected chi connectivity index (χ1v) is 9.55. The zero-order chi connectivity index (χ0) is 19.6. The van der Waals surface area contributed by atoms with Gasteiger partial charge in [-0.2, -0.15) is 0 Å². The average molecular weight is 416 g/mol. The largest absolute Gasteiger partial charge is 0.493 e. The highest BCUT2D eigenvalue weighted by atomic mass is 35.5. The monoisotopic (exact) mass is 415 g/mol. The number of unbranched alkanes of at least 4 members (excludes halogenated alkanes) is 2. The van der Waals surface area contributed by atoms with Crippen molar-refractivity contribution >= 4 is 23.2 Å². The third-order valence-corrected chi connectivity index (χ3v) is 4.65. The lowest BCUT2D eigenvalue weighted by Gasteiger charge is -2.15.